The Labute approximate surface area is 136 Å². The second-order valence-corrected chi connectivity index (χ2v) is 5.38. The number of nitriles is 1. The maximum absolute atomic E-state index is 9.56. The number of aromatic nitrogens is 1. The van der Waals surface area contributed by atoms with Crippen LogP contribution < -0.4 is 4.74 Å². The molecule has 2 aromatic carbocycles. The summed E-state index contributed by atoms with van der Waals surface area (Å²) >= 11 is 3.48. The molecule has 0 saturated carbocycles. The van der Waals surface area contributed by atoms with Crippen molar-refractivity contribution in [2.75, 3.05) is 7.11 Å². The monoisotopic (exact) mass is 354 g/mol. The van der Waals surface area contributed by atoms with Crippen molar-refractivity contribution in [1.29, 1.82) is 5.26 Å². The van der Waals surface area contributed by atoms with E-state index in [2.05, 4.69) is 27.2 Å². The van der Waals surface area contributed by atoms with E-state index in [-0.39, 0.29) is 0 Å². The summed E-state index contributed by atoms with van der Waals surface area (Å²) in [7, 11) is 1.58. The molecule has 0 aliphatic heterocycles. The third-order valence-corrected chi connectivity index (χ3v) is 3.93. The molecule has 0 radical (unpaired) electrons. The fourth-order valence-corrected chi connectivity index (χ4v) is 2.79. The molecule has 0 aliphatic carbocycles. The van der Waals surface area contributed by atoms with Gasteiger partial charge in [-0.05, 0) is 28.1 Å². The predicted molar refractivity (Wildman–Crippen MR) is 86.3 cm³/mol. The van der Waals surface area contributed by atoms with Crippen LogP contribution in [0.1, 0.15) is 5.56 Å². The minimum atomic E-state index is 0.386. The highest BCUT2D eigenvalue weighted by atomic mass is 79.9. The van der Waals surface area contributed by atoms with Crippen LogP contribution in [-0.4, -0.2) is 12.3 Å². The molecule has 3 rings (SSSR count). The Kier molecular flexibility index (Phi) is 3.94. The number of hydrogen-bond acceptors (Lipinski definition) is 4. The third kappa shape index (κ3) is 2.38. The summed E-state index contributed by atoms with van der Waals surface area (Å²) in [5.74, 6) is 1.08. The first-order valence-electron chi connectivity index (χ1n) is 6.54. The Morgan fingerprint density at radius 3 is 2.59 bits per heavy atom. The molecule has 0 bridgehead atoms. The summed E-state index contributed by atoms with van der Waals surface area (Å²) in [5.41, 5.74) is 2.36. The van der Waals surface area contributed by atoms with E-state index < -0.39 is 0 Å². The zero-order valence-corrected chi connectivity index (χ0v) is 13.3. The predicted octanol–water partition coefficient (Wildman–Crippen LogP) is 4.65. The molecule has 4 nitrogen and oxygen atoms in total. The van der Waals surface area contributed by atoms with Crippen LogP contribution in [0.2, 0.25) is 0 Å². The molecule has 0 N–H and O–H groups in total. The van der Waals surface area contributed by atoms with Crippen molar-refractivity contribution in [3.8, 4) is 34.4 Å². The van der Waals surface area contributed by atoms with Crippen molar-refractivity contribution in [3.63, 3.8) is 0 Å². The molecule has 0 spiro atoms. The van der Waals surface area contributed by atoms with Gasteiger partial charge in [-0.1, -0.05) is 41.6 Å². The third-order valence-electron chi connectivity index (χ3n) is 3.27. The summed E-state index contributed by atoms with van der Waals surface area (Å²) in [4.78, 5) is 0. The zero-order chi connectivity index (χ0) is 15.5. The molecule has 1 heterocycles. The molecule has 0 unspecified atom stereocenters. The molecule has 0 aliphatic rings. The Bertz CT molecular complexity index is 851. The molecule has 1 aromatic heterocycles. The van der Waals surface area contributed by atoms with Crippen molar-refractivity contribution in [1.82, 2.24) is 5.16 Å². The summed E-state index contributed by atoms with van der Waals surface area (Å²) in [5, 5.41) is 13.7. The summed E-state index contributed by atoms with van der Waals surface area (Å²) in [6.45, 7) is 0. The van der Waals surface area contributed by atoms with Crippen molar-refractivity contribution >= 4 is 15.9 Å². The number of ether oxygens (including phenoxy) is 1. The van der Waals surface area contributed by atoms with E-state index in [4.69, 9.17) is 9.26 Å². The Morgan fingerprint density at radius 2 is 1.91 bits per heavy atom. The Hall–Kier alpha value is -2.58. The number of hydrogen-bond donors (Lipinski definition) is 0. The molecule has 0 amide bonds. The van der Waals surface area contributed by atoms with Gasteiger partial charge in [0.15, 0.2) is 5.76 Å². The lowest BCUT2D eigenvalue weighted by Gasteiger charge is -2.07. The van der Waals surface area contributed by atoms with Crippen LogP contribution in [-0.2, 0) is 0 Å². The van der Waals surface area contributed by atoms with Gasteiger partial charge in [0.25, 0.3) is 0 Å². The summed E-state index contributed by atoms with van der Waals surface area (Å²) in [6, 6.07) is 17.2. The van der Waals surface area contributed by atoms with Gasteiger partial charge in [-0.3, -0.25) is 0 Å². The number of methoxy groups -OCH3 is 1. The van der Waals surface area contributed by atoms with Crippen molar-refractivity contribution in [3.05, 3.63) is 58.6 Å². The van der Waals surface area contributed by atoms with Crippen LogP contribution in [0.25, 0.3) is 22.6 Å². The minimum absolute atomic E-state index is 0.386. The molecule has 5 heteroatoms. The number of rotatable bonds is 3. The molecule has 108 valence electrons. The van der Waals surface area contributed by atoms with E-state index in [0.717, 1.165) is 10.0 Å². The lowest BCUT2D eigenvalue weighted by atomic mass is 10.0. The first-order chi connectivity index (χ1) is 10.8. The molecule has 0 fully saturated rings. The molecule has 0 atom stereocenters. The van der Waals surface area contributed by atoms with Crippen LogP contribution in [0.4, 0.5) is 0 Å². The maximum atomic E-state index is 9.56. The van der Waals surface area contributed by atoms with Crippen LogP contribution >= 0.6 is 15.9 Å². The van der Waals surface area contributed by atoms with Crippen molar-refractivity contribution in [2.24, 2.45) is 0 Å². The zero-order valence-electron chi connectivity index (χ0n) is 11.7. The van der Waals surface area contributed by atoms with Gasteiger partial charge in [0, 0.05) is 10.0 Å². The van der Waals surface area contributed by atoms with E-state index in [1.807, 2.05) is 48.5 Å². The summed E-state index contributed by atoms with van der Waals surface area (Å²) < 4.78 is 11.6. The second kappa shape index (κ2) is 6.04. The van der Waals surface area contributed by atoms with Gasteiger partial charge >= 0.3 is 0 Å². The second-order valence-electron chi connectivity index (χ2n) is 4.53. The number of halogens is 1. The standard InChI is InChI=1S/C17H11BrN2O2/c1-21-14-9-5-8-13(18)15(14)16-12(10-19)17(22-20-16)11-6-3-2-4-7-11/h2-9H,1H3. The quantitative estimate of drug-likeness (QED) is 0.686. The highest BCUT2D eigenvalue weighted by molar-refractivity contribution is 9.10. The average molecular weight is 355 g/mol. The van der Waals surface area contributed by atoms with Gasteiger partial charge in [-0.2, -0.15) is 5.26 Å². The van der Waals surface area contributed by atoms with Crippen LogP contribution in [0.5, 0.6) is 5.75 Å². The Morgan fingerprint density at radius 1 is 1.14 bits per heavy atom. The maximum Gasteiger partial charge on any atom is 0.185 e. The summed E-state index contributed by atoms with van der Waals surface area (Å²) in [6.07, 6.45) is 0. The van der Waals surface area contributed by atoms with Crippen LogP contribution in [0, 0.1) is 11.3 Å². The van der Waals surface area contributed by atoms with Crippen molar-refractivity contribution in [2.45, 2.75) is 0 Å². The molecule has 0 saturated heterocycles. The van der Waals surface area contributed by atoms with Gasteiger partial charge in [-0.15, -0.1) is 0 Å². The average Bonchev–Trinajstić information content (AvgIpc) is 2.98. The van der Waals surface area contributed by atoms with E-state index >= 15 is 0 Å². The number of nitrogens with zero attached hydrogens (tertiary/aromatic N) is 2. The normalized spacial score (nSPS) is 10.2. The first kappa shape index (κ1) is 14.4. The highest BCUT2D eigenvalue weighted by Gasteiger charge is 2.23. The van der Waals surface area contributed by atoms with E-state index in [1.54, 1.807) is 7.11 Å². The minimum Gasteiger partial charge on any atom is -0.496 e. The fourth-order valence-electron chi connectivity index (χ4n) is 2.26. The lowest BCUT2D eigenvalue weighted by Crippen LogP contribution is -1.91. The van der Waals surface area contributed by atoms with Gasteiger partial charge in [0.2, 0.25) is 0 Å². The lowest BCUT2D eigenvalue weighted by molar-refractivity contribution is 0.413. The topological polar surface area (TPSA) is 59.1 Å². The van der Waals surface area contributed by atoms with Gasteiger partial charge in [0.1, 0.15) is 23.1 Å². The fraction of sp³-hybridized carbons (Fsp3) is 0.0588. The molecular weight excluding hydrogens is 344 g/mol. The van der Waals surface area contributed by atoms with Crippen LogP contribution in [0.15, 0.2) is 57.5 Å². The first-order valence-corrected chi connectivity index (χ1v) is 7.33. The largest absolute Gasteiger partial charge is 0.496 e. The Balaban J connectivity index is 2.23. The van der Waals surface area contributed by atoms with Gasteiger partial charge < -0.3 is 9.26 Å². The highest BCUT2D eigenvalue weighted by Crippen LogP contribution is 2.40. The van der Waals surface area contributed by atoms with Gasteiger partial charge in [0.05, 0.1) is 12.7 Å². The molecule has 22 heavy (non-hydrogen) atoms. The SMILES string of the molecule is COc1cccc(Br)c1-c1noc(-c2ccccc2)c1C#N. The molecular formula is C17H11BrN2O2. The smallest absolute Gasteiger partial charge is 0.185 e. The van der Waals surface area contributed by atoms with E-state index in [1.165, 1.54) is 0 Å². The van der Waals surface area contributed by atoms with E-state index in [9.17, 15) is 5.26 Å². The van der Waals surface area contributed by atoms with Gasteiger partial charge in [-0.25, -0.2) is 0 Å². The van der Waals surface area contributed by atoms with E-state index in [0.29, 0.717) is 28.3 Å². The van der Waals surface area contributed by atoms with Crippen LogP contribution in [0.3, 0.4) is 0 Å². The number of benzene rings is 2. The molecule has 3 aromatic rings. The van der Waals surface area contributed by atoms with Crippen molar-refractivity contribution < 1.29 is 9.26 Å².